The van der Waals surface area contributed by atoms with Gasteiger partial charge in [-0.3, -0.25) is 4.90 Å². The molecule has 0 atom stereocenters. The number of methoxy groups -OCH3 is 1. The molecule has 1 aromatic carbocycles. The van der Waals surface area contributed by atoms with E-state index in [4.69, 9.17) is 4.74 Å². The predicted molar refractivity (Wildman–Crippen MR) is 92.3 cm³/mol. The van der Waals surface area contributed by atoms with Crippen molar-refractivity contribution in [2.75, 3.05) is 7.11 Å². The van der Waals surface area contributed by atoms with Crippen molar-refractivity contribution in [2.24, 2.45) is 0 Å². The molecule has 3 rings (SSSR count). The highest BCUT2D eigenvalue weighted by Crippen LogP contribution is 2.31. The summed E-state index contributed by atoms with van der Waals surface area (Å²) in [6, 6.07) is 10.3. The van der Waals surface area contributed by atoms with E-state index in [9.17, 15) is 0 Å². The Morgan fingerprint density at radius 2 is 1.32 bits per heavy atom. The highest BCUT2D eigenvalue weighted by Gasteiger charge is 2.28. The van der Waals surface area contributed by atoms with Crippen LogP contribution in [-0.4, -0.2) is 24.1 Å². The number of nitrogens with zero attached hydrogens (tertiary/aromatic N) is 1. The number of rotatable bonds is 5. The van der Waals surface area contributed by atoms with Crippen LogP contribution in [0.25, 0.3) is 0 Å². The van der Waals surface area contributed by atoms with Gasteiger partial charge in [-0.2, -0.15) is 0 Å². The molecule has 22 heavy (non-hydrogen) atoms. The molecule has 2 aliphatic rings. The average molecular weight is 301 g/mol. The molecular formula is C20H31NO. The van der Waals surface area contributed by atoms with E-state index in [0.717, 1.165) is 24.4 Å². The Morgan fingerprint density at radius 3 is 1.77 bits per heavy atom. The van der Waals surface area contributed by atoms with E-state index in [1.54, 1.807) is 7.11 Å². The molecule has 0 bridgehead atoms. The normalized spacial score (nSPS) is 21.2. The third-order valence-corrected chi connectivity index (χ3v) is 5.61. The van der Waals surface area contributed by atoms with Crippen molar-refractivity contribution in [3.8, 4) is 5.75 Å². The second kappa shape index (κ2) is 8.01. The Balaban J connectivity index is 1.71. The standard InChI is InChI=1S/C20H31NO/c1-22-20-14-12-17(13-15-20)16-21(18-8-4-2-5-9-18)19-10-6-3-7-11-19/h12-15,18-19H,2-11,16H2,1H3. The van der Waals surface area contributed by atoms with E-state index in [0.29, 0.717) is 0 Å². The molecule has 0 aromatic heterocycles. The maximum atomic E-state index is 5.29. The molecule has 0 N–H and O–H groups in total. The first-order chi connectivity index (χ1) is 10.9. The fraction of sp³-hybridized carbons (Fsp3) is 0.700. The Bertz CT molecular complexity index is 412. The van der Waals surface area contributed by atoms with Gasteiger partial charge >= 0.3 is 0 Å². The van der Waals surface area contributed by atoms with E-state index < -0.39 is 0 Å². The lowest BCUT2D eigenvalue weighted by atomic mass is 9.88. The van der Waals surface area contributed by atoms with Gasteiger partial charge in [-0.25, -0.2) is 0 Å². The van der Waals surface area contributed by atoms with E-state index >= 15 is 0 Å². The topological polar surface area (TPSA) is 12.5 Å². The summed E-state index contributed by atoms with van der Waals surface area (Å²) >= 11 is 0. The Kier molecular flexibility index (Phi) is 5.77. The van der Waals surface area contributed by atoms with Crippen LogP contribution in [-0.2, 0) is 6.54 Å². The molecule has 2 nitrogen and oxygen atoms in total. The minimum atomic E-state index is 0.818. The molecule has 2 fully saturated rings. The molecule has 2 heteroatoms. The first-order valence-electron chi connectivity index (χ1n) is 9.25. The van der Waals surface area contributed by atoms with Crippen molar-refractivity contribution in [2.45, 2.75) is 82.8 Å². The van der Waals surface area contributed by atoms with Gasteiger partial charge in [-0.1, -0.05) is 50.7 Å². The molecule has 0 radical (unpaired) electrons. The zero-order chi connectivity index (χ0) is 15.2. The molecular weight excluding hydrogens is 270 g/mol. The summed E-state index contributed by atoms with van der Waals surface area (Å²) in [7, 11) is 1.74. The minimum absolute atomic E-state index is 0.818. The third-order valence-electron chi connectivity index (χ3n) is 5.61. The molecule has 2 saturated carbocycles. The number of benzene rings is 1. The summed E-state index contributed by atoms with van der Waals surface area (Å²) in [5.41, 5.74) is 1.44. The third kappa shape index (κ3) is 4.04. The molecule has 0 aliphatic heterocycles. The van der Waals surface area contributed by atoms with Gasteiger partial charge in [0.15, 0.2) is 0 Å². The van der Waals surface area contributed by atoms with Crippen LogP contribution in [0.1, 0.15) is 69.8 Å². The summed E-state index contributed by atoms with van der Waals surface area (Å²) in [5.74, 6) is 0.964. The smallest absolute Gasteiger partial charge is 0.118 e. The highest BCUT2D eigenvalue weighted by molar-refractivity contribution is 5.27. The quantitative estimate of drug-likeness (QED) is 0.744. The molecule has 0 saturated heterocycles. The SMILES string of the molecule is COc1ccc(CN(C2CCCCC2)C2CCCCC2)cc1. The van der Waals surface area contributed by atoms with Crippen LogP contribution in [0.2, 0.25) is 0 Å². The zero-order valence-electron chi connectivity index (χ0n) is 14.1. The predicted octanol–water partition coefficient (Wildman–Crippen LogP) is 5.16. The molecule has 1 aromatic rings. The van der Waals surface area contributed by atoms with Crippen molar-refractivity contribution >= 4 is 0 Å². The van der Waals surface area contributed by atoms with Gasteiger partial charge in [-0.05, 0) is 43.4 Å². The van der Waals surface area contributed by atoms with Crippen molar-refractivity contribution in [1.29, 1.82) is 0 Å². The molecule has 0 spiro atoms. The zero-order valence-corrected chi connectivity index (χ0v) is 14.1. The summed E-state index contributed by atoms with van der Waals surface area (Å²) in [4.78, 5) is 2.86. The van der Waals surface area contributed by atoms with Gasteiger partial charge in [0, 0.05) is 18.6 Å². The molecule has 0 heterocycles. The van der Waals surface area contributed by atoms with Crippen molar-refractivity contribution < 1.29 is 4.74 Å². The van der Waals surface area contributed by atoms with Gasteiger partial charge in [0.2, 0.25) is 0 Å². The summed E-state index contributed by atoms with van der Waals surface area (Å²) < 4.78 is 5.29. The van der Waals surface area contributed by atoms with Crippen molar-refractivity contribution in [3.05, 3.63) is 29.8 Å². The van der Waals surface area contributed by atoms with Crippen LogP contribution >= 0.6 is 0 Å². The molecule has 0 amide bonds. The Morgan fingerprint density at radius 1 is 0.818 bits per heavy atom. The van der Waals surface area contributed by atoms with E-state index in [2.05, 4.69) is 29.2 Å². The van der Waals surface area contributed by atoms with Gasteiger partial charge in [-0.15, -0.1) is 0 Å². The lowest BCUT2D eigenvalue weighted by Crippen LogP contribution is -2.44. The summed E-state index contributed by atoms with van der Waals surface area (Å²) in [6.45, 7) is 1.12. The lowest BCUT2D eigenvalue weighted by molar-refractivity contribution is 0.0731. The van der Waals surface area contributed by atoms with Gasteiger partial charge < -0.3 is 4.74 Å². The fourth-order valence-corrected chi connectivity index (χ4v) is 4.32. The maximum Gasteiger partial charge on any atom is 0.118 e. The fourth-order valence-electron chi connectivity index (χ4n) is 4.32. The first kappa shape index (κ1) is 15.9. The second-order valence-corrected chi connectivity index (χ2v) is 7.10. The Labute approximate surface area is 135 Å². The largest absolute Gasteiger partial charge is 0.497 e. The maximum absolute atomic E-state index is 5.29. The van der Waals surface area contributed by atoms with Gasteiger partial charge in [0.25, 0.3) is 0 Å². The van der Waals surface area contributed by atoms with Crippen molar-refractivity contribution in [1.82, 2.24) is 4.90 Å². The molecule has 0 unspecified atom stereocenters. The lowest BCUT2D eigenvalue weighted by Gasteiger charge is -2.41. The van der Waals surface area contributed by atoms with Crippen LogP contribution in [0, 0.1) is 0 Å². The number of ether oxygens (including phenoxy) is 1. The Hall–Kier alpha value is -1.02. The van der Waals surface area contributed by atoms with Crippen LogP contribution in [0.4, 0.5) is 0 Å². The van der Waals surface area contributed by atoms with Crippen LogP contribution in [0.5, 0.6) is 5.75 Å². The number of hydrogen-bond acceptors (Lipinski definition) is 2. The van der Waals surface area contributed by atoms with Gasteiger partial charge in [0.05, 0.1) is 7.11 Å². The molecule has 122 valence electrons. The van der Waals surface area contributed by atoms with Crippen LogP contribution < -0.4 is 4.74 Å². The minimum Gasteiger partial charge on any atom is -0.497 e. The highest BCUT2D eigenvalue weighted by atomic mass is 16.5. The summed E-state index contributed by atoms with van der Waals surface area (Å²) in [5, 5.41) is 0. The molecule has 2 aliphatic carbocycles. The first-order valence-corrected chi connectivity index (χ1v) is 9.25. The second-order valence-electron chi connectivity index (χ2n) is 7.10. The van der Waals surface area contributed by atoms with Gasteiger partial charge in [0.1, 0.15) is 5.75 Å². The monoisotopic (exact) mass is 301 g/mol. The van der Waals surface area contributed by atoms with E-state index in [-0.39, 0.29) is 0 Å². The number of hydrogen-bond donors (Lipinski definition) is 0. The van der Waals surface area contributed by atoms with Crippen LogP contribution in [0.3, 0.4) is 0 Å². The van der Waals surface area contributed by atoms with E-state index in [1.807, 2.05) is 0 Å². The van der Waals surface area contributed by atoms with Crippen molar-refractivity contribution in [3.63, 3.8) is 0 Å². The van der Waals surface area contributed by atoms with Crippen LogP contribution in [0.15, 0.2) is 24.3 Å². The average Bonchev–Trinajstić information content (AvgIpc) is 2.62. The summed E-state index contributed by atoms with van der Waals surface area (Å²) in [6.07, 6.45) is 14.2. The van der Waals surface area contributed by atoms with E-state index in [1.165, 1.54) is 69.8 Å².